The number of nitrogens with two attached hydrogens (primary N) is 1. The van der Waals surface area contributed by atoms with E-state index in [9.17, 15) is 9.59 Å². The second-order valence-corrected chi connectivity index (χ2v) is 5.74. The molecular weight excluding hydrogens is 266 g/mol. The van der Waals surface area contributed by atoms with Crippen LogP contribution < -0.4 is 11.1 Å². The molecule has 2 rings (SSSR count). The molecule has 19 heavy (non-hydrogen) atoms. The van der Waals surface area contributed by atoms with Gasteiger partial charge in [0.25, 0.3) is 0 Å². The maximum absolute atomic E-state index is 11.9. The Bertz CT molecular complexity index is 480. The molecule has 1 aliphatic carbocycles. The van der Waals surface area contributed by atoms with Crippen molar-refractivity contribution in [2.75, 3.05) is 6.54 Å². The van der Waals surface area contributed by atoms with Gasteiger partial charge in [-0.15, -0.1) is 11.3 Å². The van der Waals surface area contributed by atoms with Gasteiger partial charge in [-0.1, -0.05) is 12.8 Å². The number of rotatable bonds is 5. The van der Waals surface area contributed by atoms with Gasteiger partial charge in [-0.05, 0) is 12.8 Å². The average Bonchev–Trinajstić information content (AvgIpc) is 2.99. The van der Waals surface area contributed by atoms with E-state index in [1.54, 1.807) is 0 Å². The predicted octanol–water partition coefficient (Wildman–Crippen LogP) is 0.771. The molecule has 0 spiro atoms. The highest BCUT2D eigenvalue weighted by molar-refractivity contribution is 7.09. The fourth-order valence-electron chi connectivity index (χ4n) is 2.22. The van der Waals surface area contributed by atoms with Gasteiger partial charge in [-0.3, -0.25) is 4.79 Å². The molecule has 1 aliphatic rings. The zero-order valence-corrected chi connectivity index (χ0v) is 11.3. The molecule has 1 amide bonds. The van der Waals surface area contributed by atoms with Crippen molar-refractivity contribution in [3.63, 3.8) is 0 Å². The first-order chi connectivity index (χ1) is 9.01. The molecule has 0 atom stereocenters. The Kier molecular flexibility index (Phi) is 4.16. The molecule has 0 aromatic carbocycles. The van der Waals surface area contributed by atoms with E-state index in [0.717, 1.165) is 25.7 Å². The van der Waals surface area contributed by atoms with Crippen LogP contribution in [0.2, 0.25) is 0 Å². The Morgan fingerprint density at radius 2 is 2.16 bits per heavy atom. The molecule has 4 N–H and O–H groups in total. The summed E-state index contributed by atoms with van der Waals surface area (Å²) in [6.07, 6.45) is 4.00. The van der Waals surface area contributed by atoms with E-state index < -0.39 is 11.5 Å². The van der Waals surface area contributed by atoms with Gasteiger partial charge in [0, 0.05) is 18.3 Å². The lowest BCUT2D eigenvalue weighted by molar-refractivity contribution is -0.126. The topological polar surface area (TPSA) is 105 Å². The lowest BCUT2D eigenvalue weighted by atomic mass is 9.98. The first kappa shape index (κ1) is 14.0. The second kappa shape index (κ2) is 5.66. The maximum atomic E-state index is 11.9. The number of aromatic carboxylic acids is 1. The fourth-order valence-corrected chi connectivity index (χ4v) is 2.99. The monoisotopic (exact) mass is 283 g/mol. The average molecular weight is 283 g/mol. The van der Waals surface area contributed by atoms with E-state index in [2.05, 4.69) is 10.3 Å². The zero-order valence-electron chi connectivity index (χ0n) is 10.5. The molecule has 1 fully saturated rings. The third-order valence-corrected chi connectivity index (χ3v) is 4.25. The van der Waals surface area contributed by atoms with E-state index in [4.69, 9.17) is 10.8 Å². The van der Waals surface area contributed by atoms with Crippen molar-refractivity contribution >= 4 is 23.2 Å². The lowest BCUT2D eigenvalue weighted by Crippen LogP contribution is -2.52. The van der Waals surface area contributed by atoms with Gasteiger partial charge in [-0.2, -0.15) is 0 Å². The molecule has 0 bridgehead atoms. The predicted molar refractivity (Wildman–Crippen MR) is 71.2 cm³/mol. The van der Waals surface area contributed by atoms with Gasteiger partial charge >= 0.3 is 5.97 Å². The number of carbonyl (C=O) groups is 2. The van der Waals surface area contributed by atoms with E-state index >= 15 is 0 Å². The first-order valence-electron chi connectivity index (χ1n) is 6.26. The summed E-state index contributed by atoms with van der Waals surface area (Å²) < 4.78 is 0. The van der Waals surface area contributed by atoms with Crippen molar-refractivity contribution in [2.45, 2.75) is 37.6 Å². The summed E-state index contributed by atoms with van der Waals surface area (Å²) in [4.78, 5) is 26.6. The van der Waals surface area contributed by atoms with Crippen LogP contribution in [-0.2, 0) is 11.2 Å². The third-order valence-electron chi connectivity index (χ3n) is 3.34. The van der Waals surface area contributed by atoms with Gasteiger partial charge in [-0.25, -0.2) is 9.78 Å². The first-order valence-corrected chi connectivity index (χ1v) is 7.14. The SMILES string of the molecule is NC1(C(=O)NCCc2nc(C(=O)O)cs2)CCCC1. The lowest BCUT2D eigenvalue weighted by Gasteiger charge is -2.21. The number of carboxylic acids is 1. The number of hydrogen-bond acceptors (Lipinski definition) is 5. The minimum atomic E-state index is -1.03. The Morgan fingerprint density at radius 3 is 2.74 bits per heavy atom. The highest BCUT2D eigenvalue weighted by Gasteiger charge is 2.36. The molecule has 0 saturated heterocycles. The number of nitrogens with zero attached hydrogens (tertiary/aromatic N) is 1. The number of hydrogen-bond donors (Lipinski definition) is 3. The minimum Gasteiger partial charge on any atom is -0.476 e. The Hall–Kier alpha value is -1.47. The molecule has 0 radical (unpaired) electrons. The summed E-state index contributed by atoms with van der Waals surface area (Å²) >= 11 is 1.29. The van der Waals surface area contributed by atoms with Gasteiger partial charge in [0.05, 0.1) is 10.5 Å². The summed E-state index contributed by atoms with van der Waals surface area (Å²) in [5.41, 5.74) is 5.36. The number of aromatic nitrogens is 1. The van der Waals surface area contributed by atoms with Crippen molar-refractivity contribution in [3.8, 4) is 0 Å². The molecule has 1 aromatic heterocycles. The highest BCUT2D eigenvalue weighted by Crippen LogP contribution is 2.27. The van der Waals surface area contributed by atoms with Crippen LogP contribution in [0, 0.1) is 0 Å². The van der Waals surface area contributed by atoms with E-state index in [-0.39, 0.29) is 11.6 Å². The molecule has 1 heterocycles. The van der Waals surface area contributed by atoms with Crippen LogP contribution in [0.25, 0.3) is 0 Å². The smallest absolute Gasteiger partial charge is 0.355 e. The van der Waals surface area contributed by atoms with E-state index in [1.165, 1.54) is 16.7 Å². The molecule has 1 saturated carbocycles. The van der Waals surface area contributed by atoms with E-state index in [1.807, 2.05) is 0 Å². The molecule has 0 unspecified atom stereocenters. The van der Waals surface area contributed by atoms with Crippen LogP contribution in [0.3, 0.4) is 0 Å². The molecule has 1 aromatic rings. The van der Waals surface area contributed by atoms with Gasteiger partial charge in [0.2, 0.25) is 5.91 Å². The van der Waals surface area contributed by atoms with Crippen LogP contribution in [0.5, 0.6) is 0 Å². The number of carboxylic acid groups (broad SMARTS) is 1. The van der Waals surface area contributed by atoms with Crippen molar-refractivity contribution in [1.82, 2.24) is 10.3 Å². The van der Waals surface area contributed by atoms with E-state index in [0.29, 0.717) is 18.0 Å². The quantitative estimate of drug-likeness (QED) is 0.740. The Morgan fingerprint density at radius 1 is 1.47 bits per heavy atom. The molecule has 6 nitrogen and oxygen atoms in total. The summed E-state index contributed by atoms with van der Waals surface area (Å²) in [6.45, 7) is 0.435. The van der Waals surface area contributed by atoms with Gasteiger partial charge in [0.15, 0.2) is 5.69 Å². The van der Waals surface area contributed by atoms with Crippen molar-refractivity contribution in [3.05, 3.63) is 16.1 Å². The van der Waals surface area contributed by atoms with Crippen LogP contribution in [-0.4, -0.2) is 34.1 Å². The van der Waals surface area contributed by atoms with Gasteiger partial charge < -0.3 is 16.2 Å². The second-order valence-electron chi connectivity index (χ2n) is 4.80. The minimum absolute atomic E-state index is 0.0532. The summed E-state index contributed by atoms with van der Waals surface area (Å²) in [5, 5.41) is 13.8. The van der Waals surface area contributed by atoms with Crippen molar-refractivity contribution < 1.29 is 14.7 Å². The fraction of sp³-hybridized carbons (Fsp3) is 0.583. The number of carbonyl (C=O) groups excluding carboxylic acids is 1. The van der Waals surface area contributed by atoms with Crippen LogP contribution >= 0.6 is 11.3 Å². The largest absolute Gasteiger partial charge is 0.476 e. The number of amides is 1. The van der Waals surface area contributed by atoms with Crippen molar-refractivity contribution in [1.29, 1.82) is 0 Å². The normalized spacial score (nSPS) is 17.3. The summed E-state index contributed by atoms with van der Waals surface area (Å²) in [7, 11) is 0. The summed E-state index contributed by atoms with van der Waals surface area (Å²) in [5.74, 6) is -1.14. The molecular formula is C12H17N3O3S. The molecule has 7 heteroatoms. The number of nitrogens with one attached hydrogen (secondary N) is 1. The Balaban J connectivity index is 1.79. The highest BCUT2D eigenvalue weighted by atomic mass is 32.1. The van der Waals surface area contributed by atoms with Crippen LogP contribution in [0.4, 0.5) is 0 Å². The Labute approximate surface area is 115 Å². The van der Waals surface area contributed by atoms with Gasteiger partial charge in [0.1, 0.15) is 0 Å². The number of thiazole rings is 1. The molecule has 0 aliphatic heterocycles. The standard InChI is InChI=1S/C12H17N3O3S/c13-12(4-1-2-5-12)11(18)14-6-3-9-15-8(7-19-9)10(16)17/h7H,1-6,13H2,(H,14,18)(H,16,17). The third kappa shape index (κ3) is 3.30. The van der Waals surface area contributed by atoms with Crippen molar-refractivity contribution in [2.24, 2.45) is 5.73 Å². The zero-order chi connectivity index (χ0) is 13.9. The van der Waals surface area contributed by atoms with Crippen LogP contribution in [0.15, 0.2) is 5.38 Å². The summed E-state index contributed by atoms with van der Waals surface area (Å²) in [6, 6.07) is 0. The maximum Gasteiger partial charge on any atom is 0.355 e. The molecule has 104 valence electrons. The van der Waals surface area contributed by atoms with Crippen LogP contribution in [0.1, 0.15) is 41.2 Å².